The van der Waals surface area contributed by atoms with Gasteiger partial charge in [0.25, 0.3) is 5.95 Å². The van der Waals surface area contributed by atoms with E-state index in [0.717, 1.165) is 19.3 Å². The van der Waals surface area contributed by atoms with Crippen LogP contribution in [0.3, 0.4) is 0 Å². The summed E-state index contributed by atoms with van der Waals surface area (Å²) in [6.07, 6.45) is 4.76. The molecule has 1 aliphatic carbocycles. The Hall–Kier alpha value is -1.59. The molecule has 1 aliphatic rings. The molecule has 1 fully saturated rings. The van der Waals surface area contributed by atoms with Crippen LogP contribution in [0.25, 0.3) is 0 Å². The highest BCUT2D eigenvalue weighted by Crippen LogP contribution is 2.39. The first-order chi connectivity index (χ1) is 8.53. The minimum atomic E-state index is -0.744. The van der Waals surface area contributed by atoms with Crippen molar-refractivity contribution in [2.45, 2.75) is 38.5 Å². The fourth-order valence-electron chi connectivity index (χ4n) is 2.48. The van der Waals surface area contributed by atoms with E-state index >= 15 is 0 Å². The summed E-state index contributed by atoms with van der Waals surface area (Å²) < 4.78 is 5.14. The molecule has 0 spiro atoms. The van der Waals surface area contributed by atoms with Gasteiger partial charge >= 0.3 is 5.97 Å². The van der Waals surface area contributed by atoms with Crippen molar-refractivity contribution in [3.8, 4) is 0 Å². The first kappa shape index (κ1) is 12.9. The molecule has 6 nitrogen and oxygen atoms in total. The third-order valence-corrected chi connectivity index (χ3v) is 3.61. The first-order valence-electron chi connectivity index (χ1n) is 6.27. The van der Waals surface area contributed by atoms with E-state index in [4.69, 9.17) is 4.52 Å². The quantitative estimate of drug-likeness (QED) is 0.880. The summed E-state index contributed by atoms with van der Waals surface area (Å²) in [6, 6.07) is 0. The fraction of sp³-hybridized carbons (Fsp3) is 0.750. The van der Waals surface area contributed by atoms with Gasteiger partial charge in [-0.1, -0.05) is 19.3 Å². The monoisotopic (exact) mass is 253 g/mol. The van der Waals surface area contributed by atoms with Gasteiger partial charge in [-0.2, -0.15) is 4.98 Å². The highest BCUT2D eigenvalue weighted by atomic mass is 16.5. The van der Waals surface area contributed by atoms with Gasteiger partial charge in [-0.25, -0.2) is 0 Å². The lowest BCUT2D eigenvalue weighted by molar-refractivity contribution is -0.151. The number of hydrogen-bond donors (Lipinski definition) is 1. The van der Waals surface area contributed by atoms with Gasteiger partial charge in [0.15, 0.2) is 0 Å². The number of carboxylic acids is 1. The van der Waals surface area contributed by atoms with Crippen LogP contribution in [0, 0.1) is 5.41 Å². The molecule has 1 aromatic heterocycles. The average Bonchev–Trinajstić information content (AvgIpc) is 2.78. The summed E-state index contributed by atoms with van der Waals surface area (Å²) in [6.45, 7) is 0. The Balaban J connectivity index is 2.15. The van der Waals surface area contributed by atoms with E-state index in [2.05, 4.69) is 10.1 Å². The third kappa shape index (κ3) is 2.47. The summed E-state index contributed by atoms with van der Waals surface area (Å²) >= 11 is 0. The average molecular weight is 253 g/mol. The van der Waals surface area contributed by atoms with E-state index in [-0.39, 0.29) is 0 Å². The van der Waals surface area contributed by atoms with Crippen molar-refractivity contribution in [2.75, 3.05) is 19.0 Å². The van der Waals surface area contributed by atoms with Crippen LogP contribution in [0.2, 0.25) is 0 Å². The zero-order valence-corrected chi connectivity index (χ0v) is 10.8. The summed E-state index contributed by atoms with van der Waals surface area (Å²) in [5.74, 6) is 0.163. The molecule has 100 valence electrons. The van der Waals surface area contributed by atoms with Crippen molar-refractivity contribution in [1.29, 1.82) is 0 Å². The Bertz CT molecular complexity index is 422. The Kier molecular flexibility index (Phi) is 3.54. The number of nitrogens with zero attached hydrogens (tertiary/aromatic N) is 3. The maximum atomic E-state index is 11.5. The highest BCUT2D eigenvalue weighted by molar-refractivity contribution is 5.75. The van der Waals surface area contributed by atoms with Gasteiger partial charge in [-0.05, 0) is 18.0 Å². The molecule has 0 amide bonds. The minimum absolute atomic E-state index is 0.336. The zero-order chi connectivity index (χ0) is 13.2. The van der Waals surface area contributed by atoms with Gasteiger partial charge in [0.2, 0.25) is 5.89 Å². The number of rotatable bonds is 4. The number of aliphatic carboxylic acids is 1. The van der Waals surface area contributed by atoms with Gasteiger partial charge < -0.3 is 14.5 Å². The van der Waals surface area contributed by atoms with E-state index < -0.39 is 11.4 Å². The first-order valence-corrected chi connectivity index (χ1v) is 6.27. The largest absolute Gasteiger partial charge is 0.481 e. The molecule has 0 aliphatic heterocycles. The molecular weight excluding hydrogens is 234 g/mol. The standard InChI is InChI=1S/C12H19N3O3/c1-15(2)11-13-9(18-14-11)8-12(10(16)17)6-4-3-5-7-12/h3-8H2,1-2H3,(H,16,17). The lowest BCUT2D eigenvalue weighted by Gasteiger charge is -2.31. The second-order valence-electron chi connectivity index (χ2n) is 5.21. The Labute approximate surface area is 106 Å². The van der Waals surface area contributed by atoms with E-state index in [1.165, 1.54) is 0 Å². The van der Waals surface area contributed by atoms with Crippen molar-refractivity contribution in [1.82, 2.24) is 10.1 Å². The molecule has 0 bridgehead atoms. The van der Waals surface area contributed by atoms with E-state index in [9.17, 15) is 9.90 Å². The van der Waals surface area contributed by atoms with E-state index in [0.29, 0.717) is 31.1 Å². The SMILES string of the molecule is CN(C)c1noc(CC2(C(=O)O)CCCCC2)n1. The van der Waals surface area contributed by atoms with Crippen molar-refractivity contribution in [2.24, 2.45) is 5.41 Å². The molecule has 2 rings (SSSR count). The van der Waals surface area contributed by atoms with Crippen LogP contribution in [0.1, 0.15) is 38.0 Å². The third-order valence-electron chi connectivity index (χ3n) is 3.61. The van der Waals surface area contributed by atoms with Crippen LogP contribution >= 0.6 is 0 Å². The molecule has 1 aromatic rings. The normalized spacial score (nSPS) is 18.6. The number of hydrogen-bond acceptors (Lipinski definition) is 5. The molecule has 0 unspecified atom stereocenters. The summed E-state index contributed by atoms with van der Waals surface area (Å²) in [7, 11) is 3.64. The van der Waals surface area contributed by atoms with Crippen molar-refractivity contribution in [3.63, 3.8) is 0 Å². The number of aromatic nitrogens is 2. The molecule has 0 radical (unpaired) electrons. The number of anilines is 1. The van der Waals surface area contributed by atoms with Crippen LogP contribution in [0.5, 0.6) is 0 Å². The Morgan fingerprint density at radius 1 is 1.39 bits per heavy atom. The van der Waals surface area contributed by atoms with Crippen LogP contribution in [-0.2, 0) is 11.2 Å². The van der Waals surface area contributed by atoms with E-state index in [1.54, 1.807) is 4.90 Å². The van der Waals surface area contributed by atoms with Gasteiger partial charge in [0.05, 0.1) is 5.41 Å². The lowest BCUT2D eigenvalue weighted by atomic mass is 9.72. The lowest BCUT2D eigenvalue weighted by Crippen LogP contribution is -2.35. The summed E-state index contributed by atoms with van der Waals surface area (Å²) in [5.41, 5.74) is -0.714. The molecule has 0 atom stereocenters. The summed E-state index contributed by atoms with van der Waals surface area (Å²) in [5, 5.41) is 13.3. The predicted octanol–water partition coefficient (Wildman–Crippen LogP) is 1.71. The molecule has 18 heavy (non-hydrogen) atoms. The highest BCUT2D eigenvalue weighted by Gasteiger charge is 2.41. The van der Waals surface area contributed by atoms with Gasteiger partial charge in [-0.3, -0.25) is 4.79 Å². The Morgan fingerprint density at radius 2 is 2.06 bits per heavy atom. The number of carboxylic acid groups (broad SMARTS) is 1. The Morgan fingerprint density at radius 3 is 2.56 bits per heavy atom. The smallest absolute Gasteiger partial charge is 0.310 e. The predicted molar refractivity (Wildman–Crippen MR) is 65.5 cm³/mol. The second kappa shape index (κ2) is 4.96. The molecule has 1 heterocycles. The maximum Gasteiger partial charge on any atom is 0.310 e. The van der Waals surface area contributed by atoms with Crippen LogP contribution < -0.4 is 4.90 Å². The van der Waals surface area contributed by atoms with Crippen LogP contribution in [0.15, 0.2) is 4.52 Å². The van der Waals surface area contributed by atoms with Gasteiger partial charge in [-0.15, -0.1) is 0 Å². The fourth-order valence-corrected chi connectivity index (χ4v) is 2.48. The molecule has 1 N–H and O–H groups in total. The van der Waals surface area contributed by atoms with Crippen molar-refractivity contribution >= 4 is 11.9 Å². The zero-order valence-electron chi connectivity index (χ0n) is 10.8. The topological polar surface area (TPSA) is 79.5 Å². The van der Waals surface area contributed by atoms with Crippen molar-refractivity contribution < 1.29 is 14.4 Å². The maximum absolute atomic E-state index is 11.5. The molecule has 1 saturated carbocycles. The van der Waals surface area contributed by atoms with Crippen LogP contribution in [0.4, 0.5) is 5.95 Å². The van der Waals surface area contributed by atoms with Crippen LogP contribution in [-0.4, -0.2) is 35.3 Å². The summed E-state index contributed by atoms with van der Waals surface area (Å²) in [4.78, 5) is 17.5. The molecule has 0 saturated heterocycles. The van der Waals surface area contributed by atoms with Crippen molar-refractivity contribution in [3.05, 3.63) is 5.89 Å². The minimum Gasteiger partial charge on any atom is -0.481 e. The van der Waals surface area contributed by atoms with Gasteiger partial charge in [0, 0.05) is 20.5 Å². The molecule has 0 aromatic carbocycles. The second-order valence-corrected chi connectivity index (χ2v) is 5.21. The number of carbonyl (C=O) groups is 1. The molecule has 6 heteroatoms. The molecular formula is C12H19N3O3. The van der Waals surface area contributed by atoms with Gasteiger partial charge in [0.1, 0.15) is 0 Å². The van der Waals surface area contributed by atoms with E-state index in [1.807, 2.05) is 14.1 Å².